The maximum atomic E-state index is 6.98. The minimum Gasteiger partial charge on any atom is -0.386 e. The molecule has 3 nitrogen and oxygen atoms in total. The van der Waals surface area contributed by atoms with Gasteiger partial charge in [-0.25, -0.2) is 0 Å². The molecule has 0 saturated carbocycles. The van der Waals surface area contributed by atoms with Gasteiger partial charge in [0.25, 0.3) is 0 Å². The summed E-state index contributed by atoms with van der Waals surface area (Å²) in [6, 6.07) is 7.24. The first-order valence-electron chi connectivity index (χ1n) is 3.51. The van der Waals surface area contributed by atoms with Crippen molar-refractivity contribution < 1.29 is 0 Å². The molecule has 1 rings (SSSR count). The predicted molar refractivity (Wildman–Crippen MR) is 51.9 cm³/mol. The van der Waals surface area contributed by atoms with Crippen LogP contribution in [0.2, 0.25) is 5.02 Å². The molecule has 0 atom stereocenters. The lowest BCUT2D eigenvalue weighted by atomic mass is 10.3. The molecule has 0 amide bonds. The zero-order valence-electron chi connectivity index (χ0n) is 6.47. The van der Waals surface area contributed by atoms with Crippen LogP contribution >= 0.6 is 11.6 Å². The van der Waals surface area contributed by atoms with Crippen LogP contribution in [0.15, 0.2) is 24.3 Å². The quantitative estimate of drug-likeness (QED) is 0.493. The number of benzene rings is 1. The number of hydrogen-bond donors (Lipinski definition) is 3. The van der Waals surface area contributed by atoms with Crippen LogP contribution in [0.3, 0.4) is 0 Å². The molecule has 0 heterocycles. The second-order valence-corrected chi connectivity index (χ2v) is 2.82. The van der Waals surface area contributed by atoms with Gasteiger partial charge < -0.3 is 11.1 Å². The Balaban J connectivity index is 2.53. The number of nitrogens with one attached hydrogen (secondary N) is 2. The highest BCUT2D eigenvalue weighted by Gasteiger charge is 1.91. The predicted octanol–water partition coefficient (Wildman–Crippen LogP) is 1.69. The van der Waals surface area contributed by atoms with Crippen molar-refractivity contribution in [2.75, 3.05) is 11.9 Å². The number of halogens is 1. The lowest BCUT2D eigenvalue weighted by Crippen LogP contribution is -2.20. The van der Waals surface area contributed by atoms with Crippen molar-refractivity contribution in [3.63, 3.8) is 0 Å². The Bertz CT molecular complexity index is 268. The van der Waals surface area contributed by atoms with E-state index < -0.39 is 0 Å². The Labute approximate surface area is 76.0 Å². The largest absolute Gasteiger partial charge is 0.386 e. The third kappa shape index (κ3) is 2.80. The van der Waals surface area contributed by atoms with Gasteiger partial charge in [-0.05, 0) is 24.3 Å². The fourth-order valence-electron chi connectivity index (χ4n) is 0.765. The van der Waals surface area contributed by atoms with Crippen LogP contribution in [-0.4, -0.2) is 12.4 Å². The summed E-state index contributed by atoms with van der Waals surface area (Å²) >= 11 is 5.68. The Morgan fingerprint density at radius 3 is 2.50 bits per heavy atom. The van der Waals surface area contributed by atoms with E-state index in [1.165, 1.54) is 0 Å². The smallest absolute Gasteiger partial charge is 0.110 e. The van der Waals surface area contributed by atoms with Gasteiger partial charge in [-0.15, -0.1) is 0 Å². The molecule has 4 N–H and O–H groups in total. The number of rotatable bonds is 3. The molecule has 12 heavy (non-hydrogen) atoms. The molecular weight excluding hydrogens is 174 g/mol. The Kier molecular flexibility index (Phi) is 2.94. The maximum Gasteiger partial charge on any atom is 0.110 e. The molecule has 1 aromatic rings. The van der Waals surface area contributed by atoms with E-state index in [0.717, 1.165) is 5.69 Å². The molecule has 4 heteroatoms. The van der Waals surface area contributed by atoms with Gasteiger partial charge in [0.05, 0.1) is 6.54 Å². The molecule has 0 saturated heterocycles. The van der Waals surface area contributed by atoms with Gasteiger partial charge in [0.2, 0.25) is 0 Å². The number of amidine groups is 1. The fraction of sp³-hybridized carbons (Fsp3) is 0.125. The van der Waals surface area contributed by atoms with Gasteiger partial charge in [0.15, 0.2) is 0 Å². The van der Waals surface area contributed by atoms with Crippen LogP contribution < -0.4 is 11.1 Å². The van der Waals surface area contributed by atoms with Gasteiger partial charge >= 0.3 is 0 Å². The van der Waals surface area contributed by atoms with E-state index >= 15 is 0 Å². The summed E-state index contributed by atoms with van der Waals surface area (Å²) in [5, 5.41) is 10.6. The standard InChI is InChI=1S/C8H10ClN3/c9-6-1-3-7(4-2-6)12-5-8(10)11/h1-4,12H,5H2,(H3,10,11). The monoisotopic (exact) mass is 183 g/mol. The van der Waals surface area contributed by atoms with Crippen molar-refractivity contribution in [3.05, 3.63) is 29.3 Å². The van der Waals surface area contributed by atoms with E-state index in [1.54, 1.807) is 12.1 Å². The summed E-state index contributed by atoms with van der Waals surface area (Å²) in [7, 11) is 0. The zero-order valence-corrected chi connectivity index (χ0v) is 7.23. The third-order valence-electron chi connectivity index (χ3n) is 1.33. The van der Waals surface area contributed by atoms with Gasteiger partial charge in [-0.2, -0.15) is 0 Å². The SMILES string of the molecule is N=C(N)CNc1ccc(Cl)cc1. The molecule has 0 radical (unpaired) electrons. The third-order valence-corrected chi connectivity index (χ3v) is 1.58. The van der Waals surface area contributed by atoms with Crippen molar-refractivity contribution in [2.24, 2.45) is 5.73 Å². The second kappa shape index (κ2) is 3.97. The first-order chi connectivity index (χ1) is 5.68. The average molecular weight is 184 g/mol. The van der Waals surface area contributed by atoms with Crippen molar-refractivity contribution in [2.45, 2.75) is 0 Å². The highest BCUT2D eigenvalue weighted by Crippen LogP contribution is 2.12. The summed E-state index contributed by atoms with van der Waals surface area (Å²) in [5.41, 5.74) is 6.08. The van der Waals surface area contributed by atoms with Crippen molar-refractivity contribution in [1.82, 2.24) is 0 Å². The van der Waals surface area contributed by atoms with Crippen molar-refractivity contribution >= 4 is 23.1 Å². The van der Waals surface area contributed by atoms with Crippen LogP contribution in [0.1, 0.15) is 0 Å². The first kappa shape index (κ1) is 8.87. The Morgan fingerprint density at radius 1 is 1.42 bits per heavy atom. The highest BCUT2D eigenvalue weighted by atomic mass is 35.5. The van der Waals surface area contributed by atoms with E-state index in [-0.39, 0.29) is 5.84 Å². The van der Waals surface area contributed by atoms with E-state index in [2.05, 4.69) is 5.32 Å². The summed E-state index contributed by atoms with van der Waals surface area (Å²) in [6.45, 7) is 0.363. The lowest BCUT2D eigenvalue weighted by Gasteiger charge is -2.03. The Hall–Kier alpha value is -1.22. The van der Waals surface area contributed by atoms with Crippen LogP contribution in [0.25, 0.3) is 0 Å². The molecule has 0 aromatic heterocycles. The van der Waals surface area contributed by atoms with Gasteiger partial charge in [0.1, 0.15) is 5.84 Å². The summed E-state index contributed by atoms with van der Waals surface area (Å²) in [6.07, 6.45) is 0. The van der Waals surface area contributed by atoms with Crippen molar-refractivity contribution in [1.29, 1.82) is 5.41 Å². The van der Waals surface area contributed by atoms with Gasteiger partial charge in [0, 0.05) is 10.7 Å². The molecule has 0 spiro atoms. The van der Waals surface area contributed by atoms with Crippen LogP contribution in [0.5, 0.6) is 0 Å². The summed E-state index contributed by atoms with van der Waals surface area (Å²) in [4.78, 5) is 0. The number of hydrogen-bond acceptors (Lipinski definition) is 2. The summed E-state index contributed by atoms with van der Waals surface area (Å²) < 4.78 is 0. The van der Waals surface area contributed by atoms with E-state index in [0.29, 0.717) is 11.6 Å². The molecule has 64 valence electrons. The van der Waals surface area contributed by atoms with E-state index in [9.17, 15) is 0 Å². The Morgan fingerprint density at radius 2 is 2.00 bits per heavy atom. The number of nitrogens with two attached hydrogens (primary N) is 1. The molecule has 0 aliphatic carbocycles. The van der Waals surface area contributed by atoms with E-state index in [4.69, 9.17) is 22.7 Å². The molecule has 0 unspecified atom stereocenters. The minimum absolute atomic E-state index is 0.116. The van der Waals surface area contributed by atoms with Crippen LogP contribution in [0.4, 0.5) is 5.69 Å². The lowest BCUT2D eigenvalue weighted by molar-refractivity contribution is 1.29. The molecule has 0 aliphatic heterocycles. The molecule has 1 aromatic carbocycles. The maximum absolute atomic E-state index is 6.98. The minimum atomic E-state index is 0.116. The summed E-state index contributed by atoms with van der Waals surface area (Å²) in [5.74, 6) is 0.116. The molecule has 0 fully saturated rings. The normalized spacial score (nSPS) is 9.42. The van der Waals surface area contributed by atoms with Crippen molar-refractivity contribution in [3.8, 4) is 0 Å². The van der Waals surface area contributed by atoms with Crippen LogP contribution in [-0.2, 0) is 0 Å². The van der Waals surface area contributed by atoms with Gasteiger partial charge in [-0.3, -0.25) is 5.41 Å². The fourth-order valence-corrected chi connectivity index (χ4v) is 0.891. The first-order valence-corrected chi connectivity index (χ1v) is 3.88. The molecule has 0 aliphatic rings. The second-order valence-electron chi connectivity index (χ2n) is 2.39. The van der Waals surface area contributed by atoms with E-state index in [1.807, 2.05) is 12.1 Å². The highest BCUT2D eigenvalue weighted by molar-refractivity contribution is 6.30. The topological polar surface area (TPSA) is 61.9 Å². The zero-order chi connectivity index (χ0) is 8.97. The van der Waals surface area contributed by atoms with Gasteiger partial charge in [-0.1, -0.05) is 11.6 Å². The van der Waals surface area contributed by atoms with Crippen LogP contribution in [0, 0.1) is 5.41 Å². The number of anilines is 1. The molecule has 0 bridgehead atoms. The molecular formula is C8H10ClN3. The average Bonchev–Trinajstić information content (AvgIpc) is 2.03.